The molecule has 0 fully saturated rings. The second-order valence-corrected chi connectivity index (χ2v) is 5.92. The van der Waals surface area contributed by atoms with Gasteiger partial charge >= 0.3 is 0 Å². The lowest BCUT2D eigenvalue weighted by atomic mass is 9.99. The zero-order valence-corrected chi connectivity index (χ0v) is 15.4. The number of benzene rings is 1. The molecule has 132 valence electrons. The molecule has 1 aromatic carbocycles. The van der Waals surface area contributed by atoms with Gasteiger partial charge in [0.05, 0.1) is 6.04 Å². The molecule has 1 amide bonds. The van der Waals surface area contributed by atoms with Crippen LogP contribution >= 0.6 is 12.4 Å². The van der Waals surface area contributed by atoms with Gasteiger partial charge in [0.25, 0.3) is 0 Å². The van der Waals surface area contributed by atoms with Crippen molar-refractivity contribution in [1.82, 2.24) is 10.2 Å². The van der Waals surface area contributed by atoms with E-state index in [-0.39, 0.29) is 24.2 Å². The van der Waals surface area contributed by atoms with E-state index in [4.69, 9.17) is 10.5 Å². The molecule has 0 bridgehead atoms. The van der Waals surface area contributed by atoms with Crippen LogP contribution in [0.3, 0.4) is 0 Å². The second kappa shape index (κ2) is 11.3. The van der Waals surface area contributed by atoms with Crippen LogP contribution in [0.5, 0.6) is 5.75 Å². The van der Waals surface area contributed by atoms with Crippen LogP contribution in [-0.2, 0) is 11.3 Å². The maximum absolute atomic E-state index is 11.9. The lowest BCUT2D eigenvalue weighted by Crippen LogP contribution is -2.44. The molecule has 1 aromatic rings. The Morgan fingerprint density at radius 1 is 1.30 bits per heavy atom. The number of halogens is 1. The predicted molar refractivity (Wildman–Crippen MR) is 97.0 cm³/mol. The van der Waals surface area contributed by atoms with E-state index in [1.165, 1.54) is 0 Å². The van der Waals surface area contributed by atoms with Crippen molar-refractivity contribution in [1.29, 1.82) is 0 Å². The van der Waals surface area contributed by atoms with Crippen molar-refractivity contribution in [3.8, 4) is 5.75 Å². The third-order valence-electron chi connectivity index (χ3n) is 3.76. The largest absolute Gasteiger partial charge is 0.492 e. The van der Waals surface area contributed by atoms with E-state index in [1.54, 1.807) is 0 Å². The topological polar surface area (TPSA) is 67.6 Å². The highest BCUT2D eigenvalue weighted by Gasteiger charge is 2.18. The first-order valence-electron chi connectivity index (χ1n) is 7.83. The van der Waals surface area contributed by atoms with Gasteiger partial charge in [-0.25, -0.2) is 0 Å². The third kappa shape index (κ3) is 8.21. The van der Waals surface area contributed by atoms with Gasteiger partial charge in [-0.3, -0.25) is 4.79 Å². The molecule has 0 saturated heterocycles. The number of rotatable bonds is 9. The first kappa shape index (κ1) is 21.7. The highest BCUT2D eigenvalue weighted by Crippen LogP contribution is 2.12. The molecule has 0 saturated carbocycles. The lowest BCUT2D eigenvalue weighted by Gasteiger charge is -2.17. The molecular weight excluding hydrogens is 314 g/mol. The molecule has 3 N–H and O–H groups in total. The predicted octanol–water partition coefficient (Wildman–Crippen LogP) is 2.04. The molecule has 0 heterocycles. The molecule has 0 aromatic heterocycles. The Morgan fingerprint density at radius 3 is 2.43 bits per heavy atom. The van der Waals surface area contributed by atoms with Gasteiger partial charge in [-0.1, -0.05) is 32.4 Å². The Bertz CT molecular complexity index is 452. The van der Waals surface area contributed by atoms with Crippen LogP contribution in [0.15, 0.2) is 24.3 Å². The Hall–Kier alpha value is -1.30. The summed E-state index contributed by atoms with van der Waals surface area (Å²) in [7, 11) is 4.03. The minimum Gasteiger partial charge on any atom is -0.492 e. The van der Waals surface area contributed by atoms with E-state index in [2.05, 4.69) is 10.2 Å². The average molecular weight is 344 g/mol. The molecule has 23 heavy (non-hydrogen) atoms. The quantitative estimate of drug-likeness (QED) is 0.720. The van der Waals surface area contributed by atoms with Crippen LogP contribution in [0.1, 0.15) is 25.8 Å². The molecular formula is C17H30ClN3O2. The molecule has 6 heteroatoms. The van der Waals surface area contributed by atoms with Crippen molar-refractivity contribution in [3.63, 3.8) is 0 Å². The molecule has 0 radical (unpaired) electrons. The zero-order valence-electron chi connectivity index (χ0n) is 14.5. The number of carbonyl (C=O) groups excluding carboxylic acids is 1. The fourth-order valence-electron chi connectivity index (χ4n) is 1.87. The number of carbonyl (C=O) groups is 1. The lowest BCUT2D eigenvalue weighted by molar-refractivity contribution is -0.123. The van der Waals surface area contributed by atoms with Crippen molar-refractivity contribution in [2.45, 2.75) is 32.9 Å². The van der Waals surface area contributed by atoms with Gasteiger partial charge in [-0.15, -0.1) is 12.4 Å². The molecule has 2 unspecified atom stereocenters. The fraction of sp³-hybridized carbons (Fsp3) is 0.588. The first-order chi connectivity index (χ1) is 10.4. The van der Waals surface area contributed by atoms with Crippen LogP contribution in [0, 0.1) is 5.92 Å². The number of hydrogen-bond acceptors (Lipinski definition) is 4. The Morgan fingerprint density at radius 2 is 1.91 bits per heavy atom. The van der Waals surface area contributed by atoms with Gasteiger partial charge in [-0.05, 0) is 37.7 Å². The van der Waals surface area contributed by atoms with Crippen LogP contribution in [0.25, 0.3) is 0 Å². The second-order valence-electron chi connectivity index (χ2n) is 5.92. The van der Waals surface area contributed by atoms with Gasteiger partial charge in [0.1, 0.15) is 12.4 Å². The Kier molecular flexibility index (Phi) is 10.6. The minimum atomic E-state index is -0.446. The number of nitrogens with one attached hydrogen (secondary N) is 1. The maximum Gasteiger partial charge on any atom is 0.237 e. The van der Waals surface area contributed by atoms with Crippen molar-refractivity contribution in [2.24, 2.45) is 11.7 Å². The van der Waals surface area contributed by atoms with E-state index in [1.807, 2.05) is 52.2 Å². The molecule has 5 nitrogen and oxygen atoms in total. The normalized spacial score (nSPS) is 13.1. The van der Waals surface area contributed by atoms with Crippen LogP contribution in [0.2, 0.25) is 0 Å². The SMILES string of the molecule is CCC(C)C(N)C(=O)NCc1ccc(OCCN(C)C)cc1.Cl. The summed E-state index contributed by atoms with van der Waals surface area (Å²) in [5, 5.41) is 2.88. The number of likely N-dealkylation sites (N-methyl/N-ethyl adjacent to an activating group) is 1. The monoisotopic (exact) mass is 343 g/mol. The molecule has 2 atom stereocenters. The molecule has 0 spiro atoms. The van der Waals surface area contributed by atoms with Crippen LogP contribution in [-0.4, -0.2) is 44.1 Å². The first-order valence-corrected chi connectivity index (χ1v) is 7.83. The smallest absolute Gasteiger partial charge is 0.237 e. The zero-order chi connectivity index (χ0) is 16.5. The Labute approximate surface area is 146 Å². The van der Waals surface area contributed by atoms with Crippen molar-refractivity contribution >= 4 is 18.3 Å². The average Bonchev–Trinajstić information content (AvgIpc) is 2.52. The summed E-state index contributed by atoms with van der Waals surface area (Å²) in [4.78, 5) is 14.0. The van der Waals surface area contributed by atoms with Gasteiger partial charge < -0.3 is 20.7 Å². The van der Waals surface area contributed by atoms with E-state index >= 15 is 0 Å². The van der Waals surface area contributed by atoms with E-state index < -0.39 is 6.04 Å². The van der Waals surface area contributed by atoms with E-state index in [0.717, 1.165) is 24.3 Å². The summed E-state index contributed by atoms with van der Waals surface area (Å²) in [6, 6.07) is 7.32. The Balaban J connectivity index is 0.00000484. The van der Waals surface area contributed by atoms with E-state index in [0.29, 0.717) is 13.2 Å². The van der Waals surface area contributed by atoms with Crippen molar-refractivity contribution in [2.75, 3.05) is 27.2 Å². The highest BCUT2D eigenvalue weighted by atomic mass is 35.5. The van der Waals surface area contributed by atoms with Gasteiger partial charge in [0.2, 0.25) is 5.91 Å². The minimum absolute atomic E-state index is 0. The molecule has 1 rings (SSSR count). The van der Waals surface area contributed by atoms with Crippen molar-refractivity contribution in [3.05, 3.63) is 29.8 Å². The maximum atomic E-state index is 11.9. The van der Waals surface area contributed by atoms with Gasteiger partial charge in [-0.2, -0.15) is 0 Å². The van der Waals surface area contributed by atoms with Crippen LogP contribution in [0.4, 0.5) is 0 Å². The summed E-state index contributed by atoms with van der Waals surface area (Å²) in [5.41, 5.74) is 6.93. The van der Waals surface area contributed by atoms with Crippen LogP contribution < -0.4 is 15.8 Å². The van der Waals surface area contributed by atoms with Crippen molar-refractivity contribution < 1.29 is 9.53 Å². The summed E-state index contributed by atoms with van der Waals surface area (Å²) < 4.78 is 5.63. The molecule has 0 aliphatic rings. The van der Waals surface area contributed by atoms with E-state index in [9.17, 15) is 4.79 Å². The number of hydrogen-bond donors (Lipinski definition) is 2. The third-order valence-corrected chi connectivity index (χ3v) is 3.76. The standard InChI is InChI=1S/C17H29N3O2.ClH/c1-5-13(2)16(18)17(21)19-12-14-6-8-15(9-7-14)22-11-10-20(3)4;/h6-9,13,16H,5,10-12,18H2,1-4H3,(H,19,21);1H. The summed E-state index contributed by atoms with van der Waals surface area (Å²) in [5.74, 6) is 0.932. The molecule has 0 aliphatic carbocycles. The molecule has 0 aliphatic heterocycles. The highest BCUT2D eigenvalue weighted by molar-refractivity contribution is 5.85. The number of nitrogens with two attached hydrogens (primary N) is 1. The number of amides is 1. The fourth-order valence-corrected chi connectivity index (χ4v) is 1.87. The number of ether oxygens (including phenoxy) is 1. The summed E-state index contributed by atoms with van der Waals surface area (Å²) in [6.07, 6.45) is 0.896. The summed E-state index contributed by atoms with van der Waals surface area (Å²) >= 11 is 0. The van der Waals surface area contributed by atoms with Gasteiger partial charge in [0, 0.05) is 13.1 Å². The summed E-state index contributed by atoms with van der Waals surface area (Å²) in [6.45, 7) is 6.05. The number of nitrogens with zero attached hydrogens (tertiary/aromatic N) is 1. The van der Waals surface area contributed by atoms with Gasteiger partial charge in [0.15, 0.2) is 0 Å².